The molecule has 0 saturated carbocycles. The molecule has 0 aliphatic carbocycles. The lowest BCUT2D eigenvalue weighted by Crippen LogP contribution is -1.93. The lowest BCUT2D eigenvalue weighted by Gasteiger charge is -1.99. The topological polar surface area (TPSA) is 67.4 Å². The van der Waals surface area contributed by atoms with Crippen LogP contribution >= 0.6 is 0 Å². The fourth-order valence-corrected chi connectivity index (χ4v) is 1.82. The molecule has 0 fully saturated rings. The Morgan fingerprint density at radius 1 is 1.11 bits per heavy atom. The van der Waals surface area contributed by atoms with Gasteiger partial charge in [-0.3, -0.25) is 4.98 Å². The second-order valence-electron chi connectivity index (χ2n) is 3.90. The maximum absolute atomic E-state index is 9.05. The molecule has 3 aromatic heterocycles. The van der Waals surface area contributed by atoms with Crippen molar-refractivity contribution in [3.05, 3.63) is 60.9 Å². The van der Waals surface area contributed by atoms with Gasteiger partial charge >= 0.3 is 0 Å². The summed E-state index contributed by atoms with van der Waals surface area (Å²) in [7, 11) is 0. The van der Waals surface area contributed by atoms with Gasteiger partial charge in [-0.1, -0.05) is 0 Å². The van der Waals surface area contributed by atoms with Crippen LogP contribution in [0.25, 0.3) is 16.8 Å². The quantitative estimate of drug-likeness (QED) is 0.696. The van der Waals surface area contributed by atoms with Crippen LogP contribution in [-0.2, 0) is 0 Å². The van der Waals surface area contributed by atoms with Crippen molar-refractivity contribution in [2.45, 2.75) is 0 Å². The summed E-state index contributed by atoms with van der Waals surface area (Å²) in [5.74, 6) is 0. The molecule has 19 heavy (non-hydrogen) atoms. The van der Waals surface area contributed by atoms with E-state index in [1.54, 1.807) is 35.5 Å². The Kier molecular flexibility index (Phi) is 2.75. The van der Waals surface area contributed by atoms with Gasteiger partial charge in [0.1, 0.15) is 11.8 Å². The lowest BCUT2D eigenvalue weighted by molar-refractivity contribution is 0.874. The molecule has 5 nitrogen and oxygen atoms in total. The van der Waals surface area contributed by atoms with E-state index >= 15 is 0 Å². The molecule has 0 unspecified atom stereocenters. The second kappa shape index (κ2) is 4.70. The fourth-order valence-electron chi connectivity index (χ4n) is 1.82. The number of nitriles is 1. The van der Waals surface area contributed by atoms with Crippen LogP contribution in [0.5, 0.6) is 0 Å². The van der Waals surface area contributed by atoms with E-state index in [4.69, 9.17) is 5.26 Å². The highest BCUT2D eigenvalue weighted by Gasteiger charge is 2.08. The largest absolute Gasteiger partial charge is 0.262 e. The minimum Gasteiger partial charge on any atom is -0.262 e. The number of hydrogen-bond acceptors (Lipinski definition) is 4. The van der Waals surface area contributed by atoms with E-state index in [1.165, 1.54) is 0 Å². The zero-order chi connectivity index (χ0) is 13.1. The summed E-state index contributed by atoms with van der Waals surface area (Å²) >= 11 is 0. The van der Waals surface area contributed by atoms with E-state index in [9.17, 15) is 0 Å². The number of nitrogens with zero attached hydrogens (tertiary/aromatic N) is 5. The monoisotopic (exact) mass is 247 g/mol. The molecule has 0 atom stereocenters. The minimum atomic E-state index is 0.397. The summed E-state index contributed by atoms with van der Waals surface area (Å²) in [5.41, 5.74) is 2.90. The van der Waals surface area contributed by atoms with E-state index < -0.39 is 0 Å². The summed E-state index contributed by atoms with van der Waals surface area (Å²) in [6, 6.07) is 9.51. The molecule has 5 heteroatoms. The smallest absolute Gasteiger partial charge is 0.148 e. The molecule has 0 aliphatic heterocycles. The molecule has 0 aliphatic rings. The SMILES string of the molecule is N#Cc1ncccc1-c1cnn(-c2cccnc2)c1. The number of hydrogen-bond donors (Lipinski definition) is 0. The first-order chi connectivity index (χ1) is 9.38. The van der Waals surface area contributed by atoms with Gasteiger partial charge in [0.05, 0.1) is 18.1 Å². The van der Waals surface area contributed by atoms with Gasteiger partial charge in [0, 0.05) is 29.7 Å². The zero-order valence-corrected chi connectivity index (χ0v) is 9.93. The maximum Gasteiger partial charge on any atom is 0.148 e. The molecule has 0 N–H and O–H groups in total. The molecule has 0 aromatic carbocycles. The Bertz CT molecular complexity index is 740. The van der Waals surface area contributed by atoms with Crippen LogP contribution < -0.4 is 0 Å². The van der Waals surface area contributed by atoms with Crippen molar-refractivity contribution >= 4 is 0 Å². The van der Waals surface area contributed by atoms with Crippen molar-refractivity contribution in [1.82, 2.24) is 19.7 Å². The van der Waals surface area contributed by atoms with Crippen molar-refractivity contribution in [1.29, 1.82) is 5.26 Å². The predicted octanol–water partition coefficient (Wildman–Crippen LogP) is 2.20. The molecular weight excluding hydrogens is 238 g/mol. The van der Waals surface area contributed by atoms with E-state index in [2.05, 4.69) is 21.1 Å². The second-order valence-corrected chi connectivity index (χ2v) is 3.90. The highest BCUT2D eigenvalue weighted by Crippen LogP contribution is 2.21. The summed E-state index contributed by atoms with van der Waals surface area (Å²) in [6.45, 7) is 0. The summed E-state index contributed by atoms with van der Waals surface area (Å²) in [5, 5.41) is 13.3. The van der Waals surface area contributed by atoms with Crippen molar-refractivity contribution in [3.8, 4) is 22.9 Å². The van der Waals surface area contributed by atoms with E-state index in [0.717, 1.165) is 16.8 Å². The van der Waals surface area contributed by atoms with Crippen LogP contribution in [-0.4, -0.2) is 19.7 Å². The van der Waals surface area contributed by atoms with Crippen LogP contribution in [0.15, 0.2) is 55.2 Å². The minimum absolute atomic E-state index is 0.397. The standard InChI is InChI=1S/C14H9N5/c15-7-14-13(4-2-6-17-14)11-8-18-19(10-11)12-3-1-5-16-9-12/h1-6,8-10H. The molecule has 0 radical (unpaired) electrons. The van der Waals surface area contributed by atoms with Crippen molar-refractivity contribution in [3.63, 3.8) is 0 Å². The summed E-state index contributed by atoms with van der Waals surface area (Å²) in [6.07, 6.45) is 8.61. The van der Waals surface area contributed by atoms with Crippen LogP contribution in [0.2, 0.25) is 0 Å². The van der Waals surface area contributed by atoms with Gasteiger partial charge < -0.3 is 0 Å². The molecule has 90 valence electrons. The van der Waals surface area contributed by atoms with E-state index in [0.29, 0.717) is 5.69 Å². The first-order valence-electron chi connectivity index (χ1n) is 5.69. The van der Waals surface area contributed by atoms with Gasteiger partial charge in [0.15, 0.2) is 0 Å². The fraction of sp³-hybridized carbons (Fsp3) is 0. The molecule has 0 amide bonds. The highest BCUT2D eigenvalue weighted by atomic mass is 15.3. The molecule has 3 rings (SSSR count). The van der Waals surface area contributed by atoms with Gasteiger partial charge in [0.2, 0.25) is 0 Å². The van der Waals surface area contributed by atoms with Crippen molar-refractivity contribution in [2.75, 3.05) is 0 Å². The van der Waals surface area contributed by atoms with Gasteiger partial charge in [0.25, 0.3) is 0 Å². The first kappa shape index (κ1) is 11.1. The van der Waals surface area contributed by atoms with Gasteiger partial charge in [-0.25, -0.2) is 9.67 Å². The Morgan fingerprint density at radius 2 is 2.00 bits per heavy atom. The Balaban J connectivity index is 2.05. The number of aromatic nitrogens is 4. The maximum atomic E-state index is 9.05. The van der Waals surface area contributed by atoms with E-state index in [1.807, 2.05) is 24.4 Å². The average molecular weight is 247 g/mol. The molecule has 0 spiro atoms. The third-order valence-electron chi connectivity index (χ3n) is 2.72. The van der Waals surface area contributed by atoms with Crippen molar-refractivity contribution < 1.29 is 0 Å². The van der Waals surface area contributed by atoms with Crippen LogP contribution in [0.4, 0.5) is 0 Å². The third-order valence-corrected chi connectivity index (χ3v) is 2.72. The molecule has 3 heterocycles. The van der Waals surface area contributed by atoms with Gasteiger partial charge in [-0.2, -0.15) is 10.4 Å². The van der Waals surface area contributed by atoms with Gasteiger partial charge in [-0.15, -0.1) is 0 Å². The van der Waals surface area contributed by atoms with Crippen LogP contribution in [0, 0.1) is 11.3 Å². The first-order valence-corrected chi connectivity index (χ1v) is 5.69. The Labute approximate surface area is 109 Å². The Hall–Kier alpha value is -3.00. The average Bonchev–Trinajstić information content (AvgIpc) is 2.98. The molecule has 3 aromatic rings. The molecule has 0 bridgehead atoms. The zero-order valence-electron chi connectivity index (χ0n) is 9.93. The molecule has 0 saturated heterocycles. The lowest BCUT2D eigenvalue weighted by atomic mass is 10.1. The van der Waals surface area contributed by atoms with Crippen LogP contribution in [0.1, 0.15) is 5.69 Å². The summed E-state index contributed by atoms with van der Waals surface area (Å²) in [4.78, 5) is 8.10. The summed E-state index contributed by atoms with van der Waals surface area (Å²) < 4.78 is 1.72. The predicted molar refractivity (Wildman–Crippen MR) is 69.3 cm³/mol. The van der Waals surface area contributed by atoms with E-state index in [-0.39, 0.29) is 0 Å². The van der Waals surface area contributed by atoms with Crippen molar-refractivity contribution in [2.24, 2.45) is 0 Å². The normalized spacial score (nSPS) is 10.1. The van der Waals surface area contributed by atoms with Gasteiger partial charge in [-0.05, 0) is 24.3 Å². The Morgan fingerprint density at radius 3 is 2.79 bits per heavy atom. The third kappa shape index (κ3) is 2.07. The molecular formula is C14H9N5. The number of rotatable bonds is 2. The number of pyridine rings is 2. The van der Waals surface area contributed by atoms with Crippen LogP contribution in [0.3, 0.4) is 0 Å². The highest BCUT2D eigenvalue weighted by molar-refractivity contribution is 5.67.